The minimum absolute atomic E-state index is 0.0880. The van der Waals surface area contributed by atoms with Gasteiger partial charge in [-0.25, -0.2) is 9.36 Å². The lowest BCUT2D eigenvalue weighted by Gasteiger charge is -2.15. The number of carbonyl (C=O) groups excluding carboxylic acids is 1. The van der Waals surface area contributed by atoms with Gasteiger partial charge in [-0.05, 0) is 39.5 Å². The maximum absolute atomic E-state index is 13.3. The molecule has 2 aromatic heterocycles. The van der Waals surface area contributed by atoms with Gasteiger partial charge in [0.1, 0.15) is 6.67 Å². The molecule has 2 aromatic rings. The van der Waals surface area contributed by atoms with Crippen molar-refractivity contribution in [3.8, 4) is 0 Å². The first-order chi connectivity index (χ1) is 11.7. The molecule has 1 aliphatic carbocycles. The number of halogens is 3. The second-order valence-corrected chi connectivity index (χ2v) is 6.35. The molecule has 0 atom stereocenters. The van der Waals surface area contributed by atoms with Gasteiger partial charge in [-0.15, -0.1) is 0 Å². The van der Waals surface area contributed by atoms with Crippen LogP contribution in [-0.4, -0.2) is 25.5 Å². The molecule has 0 unspecified atom stereocenters. The lowest BCUT2D eigenvalue weighted by molar-refractivity contribution is -0.142. The zero-order valence-electron chi connectivity index (χ0n) is 14.4. The topological polar surface area (TPSA) is 64.7 Å². The van der Waals surface area contributed by atoms with Gasteiger partial charge in [0, 0.05) is 18.2 Å². The molecule has 25 heavy (non-hydrogen) atoms. The molecule has 1 aliphatic rings. The Bertz CT molecular complexity index is 819. The van der Waals surface area contributed by atoms with Crippen molar-refractivity contribution in [1.29, 1.82) is 0 Å². The average Bonchev–Trinajstić information content (AvgIpc) is 3.01. The summed E-state index contributed by atoms with van der Waals surface area (Å²) in [4.78, 5) is 11.3. The number of aryl methyl sites for hydroxylation is 1. The zero-order chi connectivity index (χ0) is 18.4. The number of nitrogens with one attached hydrogen (secondary N) is 1. The Balaban J connectivity index is 1.99. The van der Waals surface area contributed by atoms with E-state index in [1.165, 1.54) is 11.6 Å². The maximum Gasteiger partial charge on any atom is 0.435 e. The quantitative estimate of drug-likeness (QED) is 0.920. The third kappa shape index (κ3) is 3.27. The highest BCUT2D eigenvalue weighted by Crippen LogP contribution is 2.36. The fraction of sp³-hybridized carbons (Fsp3) is 0.562. The van der Waals surface area contributed by atoms with Gasteiger partial charge in [-0.1, -0.05) is 0 Å². The van der Waals surface area contributed by atoms with Crippen LogP contribution in [-0.2, 0) is 30.5 Å². The number of hydrogen-bond acceptors (Lipinski definition) is 3. The van der Waals surface area contributed by atoms with E-state index in [0.29, 0.717) is 41.2 Å². The smallest absolute Gasteiger partial charge is 0.323 e. The lowest BCUT2D eigenvalue weighted by Crippen LogP contribution is -2.17. The van der Waals surface area contributed by atoms with E-state index in [9.17, 15) is 18.0 Å². The SMILES string of the molecule is CC(=O)Nc1c(C)nn(Cn2nc(C(F)(F)F)c3c2CCCC3)c1C. The van der Waals surface area contributed by atoms with Crippen molar-refractivity contribution < 1.29 is 18.0 Å². The molecular weight excluding hydrogens is 335 g/mol. The minimum Gasteiger partial charge on any atom is -0.323 e. The molecular formula is C16H20F3N5O. The molecule has 6 nitrogen and oxygen atoms in total. The van der Waals surface area contributed by atoms with Crippen LogP contribution in [0.4, 0.5) is 18.9 Å². The molecule has 2 heterocycles. The molecule has 0 aliphatic heterocycles. The number of nitrogens with zero attached hydrogens (tertiary/aromatic N) is 4. The van der Waals surface area contributed by atoms with E-state index in [-0.39, 0.29) is 12.6 Å². The van der Waals surface area contributed by atoms with Gasteiger partial charge in [0.25, 0.3) is 0 Å². The molecule has 0 saturated heterocycles. The van der Waals surface area contributed by atoms with Gasteiger partial charge in [-0.2, -0.15) is 23.4 Å². The molecule has 0 aromatic carbocycles. The molecule has 0 radical (unpaired) electrons. The summed E-state index contributed by atoms with van der Waals surface area (Å²) in [6, 6.07) is 0. The number of amides is 1. The van der Waals surface area contributed by atoms with Gasteiger partial charge < -0.3 is 5.32 Å². The summed E-state index contributed by atoms with van der Waals surface area (Å²) in [7, 11) is 0. The fourth-order valence-electron chi connectivity index (χ4n) is 3.33. The molecule has 3 rings (SSSR count). The highest BCUT2D eigenvalue weighted by atomic mass is 19.4. The Hall–Kier alpha value is -2.32. The Morgan fingerprint density at radius 1 is 1.16 bits per heavy atom. The van der Waals surface area contributed by atoms with Crippen LogP contribution in [0.25, 0.3) is 0 Å². The predicted molar refractivity (Wildman–Crippen MR) is 85.3 cm³/mol. The van der Waals surface area contributed by atoms with Crippen molar-refractivity contribution in [3.05, 3.63) is 28.3 Å². The fourth-order valence-corrected chi connectivity index (χ4v) is 3.33. The Morgan fingerprint density at radius 2 is 1.84 bits per heavy atom. The summed E-state index contributed by atoms with van der Waals surface area (Å²) in [5.41, 5.74) is 2.04. The summed E-state index contributed by atoms with van der Waals surface area (Å²) < 4.78 is 42.8. The van der Waals surface area contributed by atoms with Crippen LogP contribution >= 0.6 is 0 Å². The molecule has 136 valence electrons. The van der Waals surface area contributed by atoms with E-state index < -0.39 is 11.9 Å². The van der Waals surface area contributed by atoms with E-state index in [1.807, 2.05) is 0 Å². The number of hydrogen-bond donors (Lipinski definition) is 1. The van der Waals surface area contributed by atoms with Crippen LogP contribution in [0, 0.1) is 13.8 Å². The van der Waals surface area contributed by atoms with Crippen molar-refractivity contribution in [2.45, 2.75) is 59.3 Å². The van der Waals surface area contributed by atoms with E-state index in [1.54, 1.807) is 18.5 Å². The lowest BCUT2D eigenvalue weighted by atomic mass is 9.95. The summed E-state index contributed by atoms with van der Waals surface area (Å²) in [6.45, 7) is 5.00. The van der Waals surface area contributed by atoms with Gasteiger partial charge >= 0.3 is 6.18 Å². The van der Waals surface area contributed by atoms with Crippen molar-refractivity contribution in [1.82, 2.24) is 19.6 Å². The van der Waals surface area contributed by atoms with Crippen molar-refractivity contribution in [3.63, 3.8) is 0 Å². The van der Waals surface area contributed by atoms with Crippen LogP contribution in [0.1, 0.15) is 48.1 Å². The molecule has 0 spiro atoms. The number of aromatic nitrogens is 4. The summed E-state index contributed by atoms with van der Waals surface area (Å²) in [5, 5.41) is 10.9. The molecule has 1 amide bonds. The Kier molecular flexibility index (Phi) is 4.34. The van der Waals surface area contributed by atoms with Gasteiger partial charge in [0.2, 0.25) is 5.91 Å². The van der Waals surface area contributed by atoms with Gasteiger partial charge in [0.15, 0.2) is 5.69 Å². The second-order valence-electron chi connectivity index (χ2n) is 6.35. The molecule has 9 heteroatoms. The Morgan fingerprint density at radius 3 is 2.48 bits per heavy atom. The Labute approximate surface area is 143 Å². The molecule has 0 bridgehead atoms. The number of anilines is 1. The van der Waals surface area contributed by atoms with Crippen LogP contribution in [0.15, 0.2) is 0 Å². The van der Waals surface area contributed by atoms with Crippen molar-refractivity contribution in [2.24, 2.45) is 0 Å². The third-order valence-electron chi connectivity index (χ3n) is 4.48. The average molecular weight is 355 g/mol. The second kappa shape index (κ2) is 6.20. The number of rotatable bonds is 3. The summed E-state index contributed by atoms with van der Waals surface area (Å²) >= 11 is 0. The number of fused-ring (bicyclic) bond motifs is 1. The zero-order valence-corrected chi connectivity index (χ0v) is 14.4. The van der Waals surface area contributed by atoms with E-state index in [2.05, 4.69) is 15.5 Å². The van der Waals surface area contributed by atoms with Crippen LogP contribution in [0.5, 0.6) is 0 Å². The maximum atomic E-state index is 13.3. The normalized spacial score (nSPS) is 14.5. The number of carbonyl (C=O) groups is 1. The standard InChI is InChI=1S/C16H20F3N5O/c1-9-14(20-11(3)25)10(2)23(21-9)8-24-13-7-5-4-6-12(13)15(22-24)16(17,18)19/h4-8H2,1-3H3,(H,20,25). The number of alkyl halides is 3. The van der Waals surface area contributed by atoms with Crippen molar-refractivity contribution in [2.75, 3.05) is 5.32 Å². The van der Waals surface area contributed by atoms with Gasteiger partial charge in [-0.3, -0.25) is 4.79 Å². The van der Waals surface area contributed by atoms with Crippen LogP contribution in [0.3, 0.4) is 0 Å². The predicted octanol–water partition coefficient (Wildman–Crippen LogP) is 3.06. The largest absolute Gasteiger partial charge is 0.435 e. The van der Waals surface area contributed by atoms with Gasteiger partial charge in [0.05, 0.1) is 17.1 Å². The first-order valence-electron chi connectivity index (χ1n) is 8.16. The summed E-state index contributed by atoms with van der Waals surface area (Å²) in [5.74, 6) is -0.221. The molecule has 0 fully saturated rings. The minimum atomic E-state index is -4.46. The summed E-state index contributed by atoms with van der Waals surface area (Å²) in [6.07, 6.45) is -1.88. The van der Waals surface area contributed by atoms with Crippen LogP contribution < -0.4 is 5.32 Å². The monoisotopic (exact) mass is 355 g/mol. The highest BCUT2D eigenvalue weighted by Gasteiger charge is 2.39. The van der Waals surface area contributed by atoms with E-state index in [0.717, 1.165) is 12.8 Å². The van der Waals surface area contributed by atoms with Crippen LogP contribution in [0.2, 0.25) is 0 Å². The van der Waals surface area contributed by atoms with E-state index >= 15 is 0 Å². The highest BCUT2D eigenvalue weighted by molar-refractivity contribution is 5.89. The van der Waals surface area contributed by atoms with Crippen molar-refractivity contribution >= 4 is 11.6 Å². The molecule has 1 N–H and O–H groups in total. The van der Waals surface area contributed by atoms with E-state index in [4.69, 9.17) is 0 Å². The first kappa shape index (κ1) is 17.5. The first-order valence-corrected chi connectivity index (χ1v) is 8.16. The third-order valence-corrected chi connectivity index (χ3v) is 4.48. The molecule has 0 saturated carbocycles.